The van der Waals surface area contributed by atoms with Crippen LogP contribution in [0.25, 0.3) is 0 Å². The van der Waals surface area contributed by atoms with E-state index < -0.39 is 0 Å². The first-order valence-electron chi connectivity index (χ1n) is 5.84. The zero-order valence-electron chi connectivity index (χ0n) is 10.0. The van der Waals surface area contributed by atoms with E-state index in [0.717, 1.165) is 5.75 Å². The number of benzene rings is 2. The molecule has 2 nitrogen and oxygen atoms in total. The first kappa shape index (κ1) is 13.4. The molecule has 0 aliphatic heterocycles. The van der Waals surface area contributed by atoms with Gasteiger partial charge in [0.25, 0.3) is 0 Å². The van der Waals surface area contributed by atoms with Gasteiger partial charge in [-0.3, -0.25) is 0 Å². The molecule has 2 aromatic carbocycles. The molecule has 0 aromatic heterocycles. The van der Waals surface area contributed by atoms with E-state index in [9.17, 15) is 0 Å². The van der Waals surface area contributed by atoms with Crippen LogP contribution in [-0.2, 0) is 11.3 Å². The molecule has 0 aliphatic rings. The molecule has 2 rings (SSSR count). The summed E-state index contributed by atoms with van der Waals surface area (Å²) in [5.41, 5.74) is 1.19. The largest absolute Gasteiger partial charge is 0.491 e. The molecule has 0 radical (unpaired) electrons. The van der Waals surface area contributed by atoms with Crippen molar-refractivity contribution in [2.45, 2.75) is 6.61 Å². The van der Waals surface area contributed by atoms with Crippen LogP contribution in [0.4, 0.5) is 0 Å². The summed E-state index contributed by atoms with van der Waals surface area (Å²) in [6, 6.07) is 18.1. The summed E-state index contributed by atoms with van der Waals surface area (Å²) in [6.07, 6.45) is 0. The van der Waals surface area contributed by atoms with Crippen molar-refractivity contribution in [3.63, 3.8) is 0 Å². The first-order chi connectivity index (χ1) is 8.84. The highest BCUT2D eigenvalue weighted by Gasteiger charge is 1.95. The third-order valence-electron chi connectivity index (χ3n) is 2.42. The third-order valence-corrected chi connectivity index (χ3v) is 3.14. The molecular formula is C15H15IO2. The SMILES string of the molecule is Ic1ccc(COCCOc2ccccc2)cc1. The summed E-state index contributed by atoms with van der Waals surface area (Å²) in [4.78, 5) is 0. The Morgan fingerprint density at radius 2 is 1.56 bits per heavy atom. The molecule has 3 heteroatoms. The van der Waals surface area contributed by atoms with Crippen molar-refractivity contribution in [2.75, 3.05) is 13.2 Å². The predicted octanol–water partition coefficient (Wildman–Crippen LogP) is 3.89. The van der Waals surface area contributed by atoms with Gasteiger partial charge in [0.05, 0.1) is 13.2 Å². The van der Waals surface area contributed by atoms with Gasteiger partial charge in [0.15, 0.2) is 0 Å². The fourth-order valence-corrected chi connectivity index (χ4v) is 1.87. The Kier molecular flexibility index (Phi) is 5.48. The molecule has 0 N–H and O–H groups in total. The fourth-order valence-electron chi connectivity index (χ4n) is 1.51. The number of para-hydroxylation sites is 1. The van der Waals surface area contributed by atoms with Crippen LogP contribution in [0.2, 0.25) is 0 Å². The van der Waals surface area contributed by atoms with E-state index >= 15 is 0 Å². The molecule has 0 aliphatic carbocycles. The fraction of sp³-hybridized carbons (Fsp3) is 0.200. The molecule has 0 saturated carbocycles. The second-order valence-electron chi connectivity index (χ2n) is 3.84. The van der Waals surface area contributed by atoms with Crippen molar-refractivity contribution in [3.05, 3.63) is 63.7 Å². The standard InChI is InChI=1S/C15H15IO2/c16-14-8-6-13(7-9-14)12-17-10-11-18-15-4-2-1-3-5-15/h1-9H,10-12H2. The number of hydrogen-bond acceptors (Lipinski definition) is 2. The minimum Gasteiger partial charge on any atom is -0.491 e. The van der Waals surface area contributed by atoms with Crippen molar-refractivity contribution < 1.29 is 9.47 Å². The van der Waals surface area contributed by atoms with Crippen LogP contribution < -0.4 is 4.74 Å². The molecule has 0 amide bonds. The van der Waals surface area contributed by atoms with Gasteiger partial charge in [-0.15, -0.1) is 0 Å². The maximum Gasteiger partial charge on any atom is 0.119 e. The average Bonchev–Trinajstić information content (AvgIpc) is 2.42. The van der Waals surface area contributed by atoms with E-state index in [1.165, 1.54) is 9.13 Å². The number of hydrogen-bond donors (Lipinski definition) is 0. The Bertz CT molecular complexity index is 454. The molecule has 0 unspecified atom stereocenters. The topological polar surface area (TPSA) is 18.5 Å². The Morgan fingerprint density at radius 3 is 2.28 bits per heavy atom. The monoisotopic (exact) mass is 354 g/mol. The van der Waals surface area contributed by atoms with E-state index in [1.54, 1.807) is 0 Å². The maximum absolute atomic E-state index is 5.55. The van der Waals surface area contributed by atoms with E-state index in [1.807, 2.05) is 30.3 Å². The van der Waals surface area contributed by atoms with Crippen molar-refractivity contribution in [1.82, 2.24) is 0 Å². The molecule has 94 valence electrons. The summed E-state index contributed by atoms with van der Waals surface area (Å²) < 4.78 is 12.3. The van der Waals surface area contributed by atoms with Crippen LogP contribution in [0.3, 0.4) is 0 Å². The molecule has 2 aromatic rings. The van der Waals surface area contributed by atoms with Gasteiger partial charge in [-0.2, -0.15) is 0 Å². The molecule has 0 heterocycles. The molecule has 0 spiro atoms. The highest BCUT2D eigenvalue weighted by atomic mass is 127. The Labute approximate surface area is 121 Å². The lowest BCUT2D eigenvalue weighted by Gasteiger charge is -2.07. The van der Waals surface area contributed by atoms with E-state index in [0.29, 0.717) is 19.8 Å². The lowest BCUT2D eigenvalue weighted by Crippen LogP contribution is -2.06. The van der Waals surface area contributed by atoms with E-state index in [-0.39, 0.29) is 0 Å². The van der Waals surface area contributed by atoms with Crippen molar-refractivity contribution in [1.29, 1.82) is 0 Å². The molecule has 18 heavy (non-hydrogen) atoms. The van der Waals surface area contributed by atoms with Gasteiger partial charge in [-0.05, 0) is 52.4 Å². The number of ether oxygens (including phenoxy) is 2. The smallest absolute Gasteiger partial charge is 0.119 e. The van der Waals surface area contributed by atoms with Gasteiger partial charge in [-0.25, -0.2) is 0 Å². The lowest BCUT2D eigenvalue weighted by atomic mass is 10.2. The Morgan fingerprint density at radius 1 is 0.833 bits per heavy atom. The zero-order chi connectivity index (χ0) is 12.6. The maximum atomic E-state index is 5.55. The molecule has 0 fully saturated rings. The summed E-state index contributed by atoms with van der Waals surface area (Å²) in [6.45, 7) is 1.81. The predicted molar refractivity (Wildman–Crippen MR) is 80.8 cm³/mol. The van der Waals surface area contributed by atoms with Gasteiger partial charge < -0.3 is 9.47 Å². The molecule has 0 bridgehead atoms. The minimum absolute atomic E-state index is 0.578. The van der Waals surface area contributed by atoms with Gasteiger partial charge in [0, 0.05) is 3.57 Å². The van der Waals surface area contributed by atoms with Gasteiger partial charge >= 0.3 is 0 Å². The zero-order valence-corrected chi connectivity index (χ0v) is 12.2. The van der Waals surface area contributed by atoms with Gasteiger partial charge in [-0.1, -0.05) is 30.3 Å². The van der Waals surface area contributed by atoms with Crippen LogP contribution >= 0.6 is 22.6 Å². The highest BCUT2D eigenvalue weighted by Crippen LogP contribution is 2.09. The quantitative estimate of drug-likeness (QED) is 0.579. The molecule has 0 atom stereocenters. The lowest BCUT2D eigenvalue weighted by molar-refractivity contribution is 0.0889. The minimum atomic E-state index is 0.578. The Hall–Kier alpha value is -1.07. The van der Waals surface area contributed by atoms with E-state index in [4.69, 9.17) is 9.47 Å². The molecule has 0 saturated heterocycles. The highest BCUT2D eigenvalue weighted by molar-refractivity contribution is 14.1. The average molecular weight is 354 g/mol. The van der Waals surface area contributed by atoms with Crippen LogP contribution in [0.15, 0.2) is 54.6 Å². The summed E-state index contributed by atoms with van der Waals surface area (Å²) >= 11 is 2.29. The summed E-state index contributed by atoms with van der Waals surface area (Å²) in [5.74, 6) is 0.885. The van der Waals surface area contributed by atoms with Crippen molar-refractivity contribution >= 4 is 22.6 Å². The summed E-state index contributed by atoms with van der Waals surface area (Å²) in [5, 5.41) is 0. The van der Waals surface area contributed by atoms with Crippen molar-refractivity contribution in [3.8, 4) is 5.75 Å². The summed E-state index contributed by atoms with van der Waals surface area (Å²) in [7, 11) is 0. The van der Waals surface area contributed by atoms with Crippen LogP contribution in [0, 0.1) is 3.57 Å². The number of halogens is 1. The van der Waals surface area contributed by atoms with Gasteiger partial charge in [0.1, 0.15) is 12.4 Å². The normalized spacial score (nSPS) is 10.3. The molecular weight excluding hydrogens is 339 g/mol. The van der Waals surface area contributed by atoms with Crippen molar-refractivity contribution in [2.24, 2.45) is 0 Å². The second-order valence-corrected chi connectivity index (χ2v) is 5.09. The van der Waals surface area contributed by atoms with E-state index in [2.05, 4.69) is 46.9 Å². The Balaban J connectivity index is 1.63. The number of rotatable bonds is 6. The first-order valence-corrected chi connectivity index (χ1v) is 6.92. The van der Waals surface area contributed by atoms with Crippen LogP contribution in [-0.4, -0.2) is 13.2 Å². The van der Waals surface area contributed by atoms with Crippen LogP contribution in [0.1, 0.15) is 5.56 Å². The van der Waals surface area contributed by atoms with Crippen LogP contribution in [0.5, 0.6) is 5.75 Å². The third kappa shape index (κ3) is 4.66. The van der Waals surface area contributed by atoms with Gasteiger partial charge in [0.2, 0.25) is 0 Å². The second kappa shape index (κ2) is 7.38.